The van der Waals surface area contributed by atoms with Crippen LogP contribution in [0.2, 0.25) is 0 Å². The molecule has 0 aromatic carbocycles. The van der Waals surface area contributed by atoms with E-state index in [2.05, 4.69) is 9.57 Å². The number of aliphatic hydroxyl groups excluding tert-OH is 1. The summed E-state index contributed by atoms with van der Waals surface area (Å²) in [6.07, 6.45) is 0.266. The summed E-state index contributed by atoms with van der Waals surface area (Å²) in [5.41, 5.74) is 0. The third kappa shape index (κ3) is 4.19. The number of carbonyl (C=O) groups is 1. The first-order chi connectivity index (χ1) is 5.26. The molecule has 0 spiro atoms. The van der Waals surface area contributed by atoms with Gasteiger partial charge < -0.3 is 9.84 Å². The molecule has 11 heavy (non-hydrogen) atoms. The molecule has 0 rings (SSSR count). The zero-order valence-electron chi connectivity index (χ0n) is 6.34. The Morgan fingerprint density at radius 2 is 2.45 bits per heavy atom. The minimum absolute atomic E-state index is 0.0940. The van der Waals surface area contributed by atoms with Gasteiger partial charge in [-0.05, 0) is 25.1 Å². The summed E-state index contributed by atoms with van der Waals surface area (Å²) in [5, 5.41) is 8.48. The van der Waals surface area contributed by atoms with E-state index in [0.29, 0.717) is 6.61 Å². The summed E-state index contributed by atoms with van der Waals surface area (Å²) < 4.78 is 4.65. The van der Waals surface area contributed by atoms with E-state index in [1.807, 2.05) is 0 Å². The molecule has 0 aliphatic carbocycles. The number of rotatable bonds is 5. The lowest BCUT2D eigenvalue weighted by Gasteiger charge is -2.10. The average Bonchev–Trinajstić information content (AvgIpc) is 2.00. The first-order valence-electron chi connectivity index (χ1n) is 3.39. The Kier molecular flexibility index (Phi) is 6.21. The van der Waals surface area contributed by atoms with Crippen molar-refractivity contribution in [2.45, 2.75) is 19.4 Å². The minimum atomic E-state index is -0.610. The van der Waals surface area contributed by atoms with Crippen molar-refractivity contribution < 1.29 is 14.6 Å². The van der Waals surface area contributed by atoms with Crippen LogP contribution in [0.5, 0.6) is 0 Å². The molecule has 0 fully saturated rings. The predicted molar refractivity (Wildman–Crippen MR) is 41.1 cm³/mol. The van der Waals surface area contributed by atoms with Crippen molar-refractivity contribution in [2.75, 3.05) is 13.2 Å². The fourth-order valence-corrected chi connectivity index (χ4v) is 0.787. The van der Waals surface area contributed by atoms with Crippen LogP contribution >= 0.6 is 11.8 Å². The van der Waals surface area contributed by atoms with Crippen molar-refractivity contribution in [3.63, 3.8) is 0 Å². The van der Waals surface area contributed by atoms with Crippen molar-refractivity contribution in [3.8, 4) is 0 Å². The number of esters is 1. The smallest absolute Gasteiger partial charge is 0.324 e. The van der Waals surface area contributed by atoms with Gasteiger partial charge in [-0.25, -0.2) is 4.84 Å². The Labute approximate surface area is 70.6 Å². The molecule has 2 N–H and O–H groups in total. The van der Waals surface area contributed by atoms with E-state index in [-0.39, 0.29) is 13.0 Å². The number of hydrogen-bond donors (Lipinski definition) is 2. The normalized spacial score (nSPS) is 12.6. The molecule has 4 nitrogen and oxygen atoms in total. The Bertz CT molecular complexity index is 120. The second-order valence-electron chi connectivity index (χ2n) is 1.93. The number of hydrogen-bond acceptors (Lipinski definition) is 4. The van der Waals surface area contributed by atoms with E-state index in [0.717, 1.165) is 0 Å². The molecular weight excluding hydrogens is 170 g/mol. The second-order valence-corrected chi connectivity index (χ2v) is 2.14. The summed E-state index contributed by atoms with van der Waals surface area (Å²) in [7, 11) is 0. The van der Waals surface area contributed by atoms with Gasteiger partial charge in [-0.3, -0.25) is 4.79 Å². The summed E-state index contributed by atoms with van der Waals surface area (Å²) in [4.78, 5) is 13.1. The fraction of sp³-hybridized carbons (Fsp3) is 0.833. The number of ether oxygens (including phenoxy) is 1. The van der Waals surface area contributed by atoms with E-state index >= 15 is 0 Å². The van der Waals surface area contributed by atoms with Gasteiger partial charge in [-0.2, -0.15) is 0 Å². The molecule has 0 aliphatic rings. The molecule has 0 aliphatic heterocycles. The molecule has 0 saturated carbocycles. The molecule has 66 valence electrons. The molecule has 0 bridgehead atoms. The van der Waals surface area contributed by atoms with Crippen molar-refractivity contribution >= 4 is 17.7 Å². The Hall–Kier alpha value is -0.320. The van der Waals surface area contributed by atoms with Crippen LogP contribution in [-0.4, -0.2) is 30.3 Å². The molecule has 1 unspecified atom stereocenters. The van der Waals surface area contributed by atoms with E-state index in [4.69, 9.17) is 16.9 Å². The number of aliphatic hydroxyl groups is 1. The van der Waals surface area contributed by atoms with Crippen LogP contribution in [0.4, 0.5) is 0 Å². The highest BCUT2D eigenvalue weighted by molar-refractivity contribution is 6.14. The molecule has 0 aromatic heterocycles. The number of nitrogens with one attached hydrogen (secondary N) is 1. The third-order valence-electron chi connectivity index (χ3n) is 1.12. The highest BCUT2D eigenvalue weighted by atomic mass is 35.5. The molecule has 0 aromatic rings. The lowest BCUT2D eigenvalue weighted by atomic mass is 10.2. The minimum Gasteiger partial charge on any atom is -0.465 e. The summed E-state index contributed by atoms with van der Waals surface area (Å²) in [6.45, 7) is 1.94. The molecule has 0 radical (unpaired) electrons. The monoisotopic (exact) mass is 181 g/mol. The van der Waals surface area contributed by atoms with Gasteiger partial charge in [0.05, 0.1) is 6.61 Å². The summed E-state index contributed by atoms with van der Waals surface area (Å²) in [5.74, 6) is -0.434. The van der Waals surface area contributed by atoms with Crippen LogP contribution in [0.3, 0.4) is 0 Å². The van der Waals surface area contributed by atoms with E-state index in [9.17, 15) is 4.79 Å². The average molecular weight is 182 g/mol. The highest BCUT2D eigenvalue weighted by Crippen LogP contribution is 1.95. The van der Waals surface area contributed by atoms with Gasteiger partial charge in [0, 0.05) is 6.61 Å². The van der Waals surface area contributed by atoms with Crippen molar-refractivity contribution in [3.05, 3.63) is 0 Å². The predicted octanol–water partition coefficient (Wildman–Crippen LogP) is 0.0439. The van der Waals surface area contributed by atoms with Crippen LogP contribution < -0.4 is 4.84 Å². The first kappa shape index (κ1) is 10.7. The van der Waals surface area contributed by atoms with E-state index in [1.54, 1.807) is 6.92 Å². The Morgan fingerprint density at radius 3 is 2.82 bits per heavy atom. The van der Waals surface area contributed by atoms with Gasteiger partial charge in [0.15, 0.2) is 0 Å². The van der Waals surface area contributed by atoms with Gasteiger partial charge in [0.2, 0.25) is 0 Å². The highest BCUT2D eigenvalue weighted by Gasteiger charge is 2.16. The largest absolute Gasteiger partial charge is 0.465 e. The molecule has 0 heterocycles. The molecule has 1 atom stereocenters. The van der Waals surface area contributed by atoms with Crippen LogP contribution in [0, 0.1) is 0 Å². The SMILES string of the molecule is CCOC(=O)C(CCO)NCl. The number of carbonyl (C=O) groups excluding carboxylic acids is 1. The van der Waals surface area contributed by atoms with Gasteiger partial charge in [-0.1, -0.05) is 0 Å². The van der Waals surface area contributed by atoms with Gasteiger partial charge >= 0.3 is 5.97 Å². The lowest BCUT2D eigenvalue weighted by molar-refractivity contribution is -0.145. The maximum atomic E-state index is 10.9. The van der Waals surface area contributed by atoms with Crippen LogP contribution in [0.15, 0.2) is 0 Å². The van der Waals surface area contributed by atoms with Crippen LogP contribution in [0.25, 0.3) is 0 Å². The third-order valence-corrected chi connectivity index (χ3v) is 1.38. The first-order valence-corrected chi connectivity index (χ1v) is 3.77. The molecular formula is C6H12ClNO3. The van der Waals surface area contributed by atoms with Crippen molar-refractivity contribution in [2.24, 2.45) is 0 Å². The van der Waals surface area contributed by atoms with Gasteiger partial charge in [0.1, 0.15) is 6.04 Å². The van der Waals surface area contributed by atoms with E-state index < -0.39 is 12.0 Å². The molecule has 5 heteroatoms. The second kappa shape index (κ2) is 6.39. The Morgan fingerprint density at radius 1 is 1.82 bits per heavy atom. The zero-order valence-corrected chi connectivity index (χ0v) is 7.10. The van der Waals surface area contributed by atoms with Crippen LogP contribution in [-0.2, 0) is 9.53 Å². The van der Waals surface area contributed by atoms with Crippen molar-refractivity contribution in [1.82, 2.24) is 4.84 Å². The lowest BCUT2D eigenvalue weighted by Crippen LogP contribution is -2.33. The topological polar surface area (TPSA) is 58.6 Å². The van der Waals surface area contributed by atoms with Crippen molar-refractivity contribution in [1.29, 1.82) is 0 Å². The molecule has 0 saturated heterocycles. The summed E-state index contributed by atoms with van der Waals surface area (Å²) in [6, 6.07) is -0.610. The maximum absolute atomic E-state index is 10.9. The number of halogens is 1. The van der Waals surface area contributed by atoms with Gasteiger partial charge in [0.25, 0.3) is 0 Å². The van der Waals surface area contributed by atoms with Crippen LogP contribution in [0.1, 0.15) is 13.3 Å². The zero-order chi connectivity index (χ0) is 8.69. The quantitative estimate of drug-likeness (QED) is 0.465. The van der Waals surface area contributed by atoms with Gasteiger partial charge in [-0.15, -0.1) is 0 Å². The fourth-order valence-electron chi connectivity index (χ4n) is 0.589. The molecule has 0 amide bonds. The summed E-state index contributed by atoms with van der Waals surface area (Å²) >= 11 is 5.21. The van der Waals surface area contributed by atoms with E-state index in [1.165, 1.54) is 0 Å². The standard InChI is InChI=1S/C6H12ClNO3/c1-2-11-6(10)5(8-7)3-4-9/h5,8-9H,2-4H2,1H3. The Balaban J connectivity index is 3.71. The maximum Gasteiger partial charge on any atom is 0.324 e.